The number of oxime groups is 1. The first kappa shape index (κ1) is 17.8. The van der Waals surface area contributed by atoms with Crippen LogP contribution in [0, 0.1) is 5.92 Å². The van der Waals surface area contributed by atoms with Crippen molar-refractivity contribution in [3.05, 3.63) is 0 Å². The molecule has 1 aliphatic heterocycles. The first-order chi connectivity index (χ1) is 9.87. The topological polar surface area (TPSA) is 51.1 Å². The zero-order chi connectivity index (χ0) is 15.9. The van der Waals surface area contributed by atoms with Crippen LogP contribution in [-0.4, -0.2) is 42.0 Å². The van der Waals surface area contributed by atoms with E-state index in [2.05, 4.69) is 12.1 Å². The molecule has 5 heteroatoms. The van der Waals surface area contributed by atoms with E-state index in [0.717, 1.165) is 44.5 Å². The van der Waals surface area contributed by atoms with E-state index in [1.165, 1.54) is 0 Å². The molecule has 0 atom stereocenters. The van der Waals surface area contributed by atoms with Gasteiger partial charge in [0.15, 0.2) is 0 Å². The van der Waals surface area contributed by atoms with Gasteiger partial charge in [-0.2, -0.15) is 0 Å². The van der Waals surface area contributed by atoms with Crippen molar-refractivity contribution in [2.45, 2.75) is 65.9 Å². The van der Waals surface area contributed by atoms with Gasteiger partial charge in [-0.05, 0) is 47.0 Å². The second kappa shape index (κ2) is 8.25. The first-order valence-electron chi connectivity index (χ1n) is 8.04. The van der Waals surface area contributed by atoms with Crippen molar-refractivity contribution < 1.29 is 14.4 Å². The summed E-state index contributed by atoms with van der Waals surface area (Å²) >= 11 is 0. The highest BCUT2D eigenvalue weighted by atomic mass is 16.6. The van der Waals surface area contributed by atoms with E-state index in [1.54, 1.807) is 4.90 Å². The summed E-state index contributed by atoms with van der Waals surface area (Å²) in [6.07, 6.45) is 3.70. The SMILES string of the molecule is CCC/C(=N/OCC)C1CCN(C(=O)OC(C)(C)C)CC1. The fourth-order valence-corrected chi connectivity index (χ4v) is 2.45. The summed E-state index contributed by atoms with van der Waals surface area (Å²) < 4.78 is 5.42. The number of piperidine rings is 1. The van der Waals surface area contributed by atoms with Gasteiger partial charge in [-0.1, -0.05) is 18.5 Å². The molecule has 122 valence electrons. The maximum absolute atomic E-state index is 12.0. The molecule has 5 nitrogen and oxygen atoms in total. The van der Waals surface area contributed by atoms with Crippen molar-refractivity contribution in [1.29, 1.82) is 0 Å². The molecule has 21 heavy (non-hydrogen) atoms. The van der Waals surface area contributed by atoms with Crippen LogP contribution >= 0.6 is 0 Å². The lowest BCUT2D eigenvalue weighted by Crippen LogP contribution is -2.43. The van der Waals surface area contributed by atoms with Gasteiger partial charge in [0.05, 0.1) is 5.71 Å². The van der Waals surface area contributed by atoms with Crippen LogP contribution in [0.4, 0.5) is 4.79 Å². The van der Waals surface area contributed by atoms with E-state index in [1.807, 2.05) is 27.7 Å². The van der Waals surface area contributed by atoms with Crippen molar-refractivity contribution in [3.63, 3.8) is 0 Å². The molecule has 1 amide bonds. The second-order valence-electron chi connectivity index (χ2n) is 6.49. The molecule has 0 aromatic carbocycles. The Morgan fingerprint density at radius 3 is 2.33 bits per heavy atom. The number of ether oxygens (including phenoxy) is 1. The molecular weight excluding hydrogens is 268 g/mol. The Labute approximate surface area is 128 Å². The number of amides is 1. The predicted molar refractivity (Wildman–Crippen MR) is 84.5 cm³/mol. The van der Waals surface area contributed by atoms with Gasteiger partial charge in [0.1, 0.15) is 12.2 Å². The predicted octanol–water partition coefficient (Wildman–Crippen LogP) is 3.83. The van der Waals surface area contributed by atoms with Crippen molar-refractivity contribution in [2.75, 3.05) is 19.7 Å². The van der Waals surface area contributed by atoms with Crippen LogP contribution in [-0.2, 0) is 9.57 Å². The average Bonchev–Trinajstić information content (AvgIpc) is 2.42. The molecule has 0 spiro atoms. The monoisotopic (exact) mass is 298 g/mol. The molecule has 1 rings (SSSR count). The smallest absolute Gasteiger partial charge is 0.410 e. The molecule has 0 aliphatic carbocycles. The van der Waals surface area contributed by atoms with Crippen LogP contribution in [0.15, 0.2) is 5.16 Å². The van der Waals surface area contributed by atoms with E-state index in [-0.39, 0.29) is 6.09 Å². The minimum Gasteiger partial charge on any atom is -0.444 e. The van der Waals surface area contributed by atoms with E-state index < -0.39 is 5.60 Å². The number of carbonyl (C=O) groups is 1. The molecule has 1 heterocycles. The Morgan fingerprint density at radius 2 is 1.86 bits per heavy atom. The number of hydrogen-bond acceptors (Lipinski definition) is 4. The molecule has 0 N–H and O–H groups in total. The van der Waals surface area contributed by atoms with Crippen LogP contribution in [0.3, 0.4) is 0 Å². The molecule has 0 saturated carbocycles. The third-order valence-electron chi connectivity index (χ3n) is 3.43. The summed E-state index contributed by atoms with van der Waals surface area (Å²) in [5, 5.41) is 4.27. The van der Waals surface area contributed by atoms with E-state index in [9.17, 15) is 4.79 Å². The lowest BCUT2D eigenvalue weighted by atomic mass is 9.90. The number of nitrogens with zero attached hydrogens (tertiary/aromatic N) is 2. The van der Waals surface area contributed by atoms with Gasteiger partial charge in [-0.15, -0.1) is 0 Å². The maximum Gasteiger partial charge on any atom is 0.410 e. The molecule has 0 bridgehead atoms. The summed E-state index contributed by atoms with van der Waals surface area (Å²) in [6.45, 7) is 11.8. The van der Waals surface area contributed by atoms with Crippen molar-refractivity contribution in [3.8, 4) is 0 Å². The van der Waals surface area contributed by atoms with Gasteiger partial charge >= 0.3 is 6.09 Å². The van der Waals surface area contributed by atoms with Crippen LogP contribution < -0.4 is 0 Å². The molecule has 0 aromatic heterocycles. The van der Waals surface area contributed by atoms with Gasteiger partial charge in [-0.25, -0.2) is 4.79 Å². The quantitative estimate of drug-likeness (QED) is 0.572. The highest BCUT2D eigenvalue weighted by molar-refractivity contribution is 5.86. The van der Waals surface area contributed by atoms with Crippen LogP contribution in [0.1, 0.15) is 60.3 Å². The largest absolute Gasteiger partial charge is 0.444 e. The Bertz CT molecular complexity index is 353. The number of hydrogen-bond donors (Lipinski definition) is 0. The molecule has 1 fully saturated rings. The Morgan fingerprint density at radius 1 is 1.24 bits per heavy atom. The fourth-order valence-electron chi connectivity index (χ4n) is 2.45. The van der Waals surface area contributed by atoms with Crippen LogP contribution in [0.5, 0.6) is 0 Å². The van der Waals surface area contributed by atoms with Gasteiger partial charge < -0.3 is 14.5 Å². The third-order valence-corrected chi connectivity index (χ3v) is 3.43. The van der Waals surface area contributed by atoms with E-state index >= 15 is 0 Å². The normalized spacial score (nSPS) is 17.8. The average molecular weight is 298 g/mol. The highest BCUT2D eigenvalue weighted by Crippen LogP contribution is 2.23. The number of likely N-dealkylation sites (tertiary alicyclic amines) is 1. The lowest BCUT2D eigenvalue weighted by Gasteiger charge is -2.33. The van der Waals surface area contributed by atoms with Gasteiger partial charge in [0, 0.05) is 19.0 Å². The van der Waals surface area contributed by atoms with Gasteiger partial charge in [-0.3, -0.25) is 0 Å². The lowest BCUT2D eigenvalue weighted by molar-refractivity contribution is 0.0200. The van der Waals surface area contributed by atoms with Crippen molar-refractivity contribution in [2.24, 2.45) is 11.1 Å². The standard InChI is InChI=1S/C16H30N2O3/c1-6-8-14(17-20-7-2)13-9-11-18(12-10-13)15(19)21-16(3,4)5/h13H,6-12H2,1-5H3/b17-14-. The van der Waals surface area contributed by atoms with Gasteiger partial charge in [0.2, 0.25) is 0 Å². The molecule has 0 aromatic rings. The highest BCUT2D eigenvalue weighted by Gasteiger charge is 2.28. The Balaban J connectivity index is 2.52. The Kier molecular flexibility index (Phi) is 6.99. The second-order valence-corrected chi connectivity index (χ2v) is 6.49. The summed E-state index contributed by atoms with van der Waals surface area (Å²) in [6, 6.07) is 0. The first-order valence-corrected chi connectivity index (χ1v) is 8.04. The van der Waals surface area contributed by atoms with Gasteiger partial charge in [0.25, 0.3) is 0 Å². The minimum atomic E-state index is -0.433. The van der Waals surface area contributed by atoms with E-state index in [0.29, 0.717) is 12.5 Å². The Hall–Kier alpha value is -1.26. The molecule has 0 unspecified atom stereocenters. The number of carbonyl (C=O) groups excluding carboxylic acids is 1. The molecular formula is C16H30N2O3. The van der Waals surface area contributed by atoms with Crippen LogP contribution in [0.2, 0.25) is 0 Å². The summed E-state index contributed by atoms with van der Waals surface area (Å²) in [4.78, 5) is 19.1. The van der Waals surface area contributed by atoms with E-state index in [4.69, 9.17) is 9.57 Å². The van der Waals surface area contributed by atoms with Crippen molar-refractivity contribution in [1.82, 2.24) is 4.90 Å². The van der Waals surface area contributed by atoms with Crippen LogP contribution in [0.25, 0.3) is 0 Å². The molecule has 0 radical (unpaired) electrons. The molecule has 1 saturated heterocycles. The zero-order valence-corrected chi connectivity index (χ0v) is 14.1. The third kappa shape index (κ3) is 6.36. The maximum atomic E-state index is 12.0. The fraction of sp³-hybridized carbons (Fsp3) is 0.875. The summed E-state index contributed by atoms with van der Waals surface area (Å²) in [7, 11) is 0. The van der Waals surface area contributed by atoms with Crippen molar-refractivity contribution >= 4 is 11.8 Å². The summed E-state index contributed by atoms with van der Waals surface area (Å²) in [5.41, 5.74) is 0.709. The molecule has 1 aliphatic rings. The zero-order valence-electron chi connectivity index (χ0n) is 14.1. The minimum absolute atomic E-state index is 0.209. The number of rotatable bonds is 5. The summed E-state index contributed by atoms with van der Waals surface area (Å²) in [5.74, 6) is 0.426.